The van der Waals surface area contributed by atoms with E-state index in [9.17, 15) is 9.59 Å². The first-order chi connectivity index (χ1) is 9.08. The highest BCUT2D eigenvalue weighted by Gasteiger charge is 2.09. The van der Waals surface area contributed by atoms with Gasteiger partial charge < -0.3 is 19.5 Å². The molecular formula is C11H14N2O6. The molecule has 1 aromatic carbocycles. The summed E-state index contributed by atoms with van der Waals surface area (Å²) in [5, 5.41) is 10.9. The summed E-state index contributed by atoms with van der Waals surface area (Å²) < 4.78 is 14.3. The van der Waals surface area contributed by atoms with Gasteiger partial charge in [0, 0.05) is 23.9 Å². The van der Waals surface area contributed by atoms with Gasteiger partial charge in [0.1, 0.15) is 18.0 Å². The zero-order chi connectivity index (χ0) is 14.3. The minimum absolute atomic E-state index is 0.260. The van der Waals surface area contributed by atoms with Crippen LogP contribution in [0.1, 0.15) is 0 Å². The van der Waals surface area contributed by atoms with E-state index in [1.165, 1.54) is 19.7 Å². The summed E-state index contributed by atoms with van der Waals surface area (Å²) in [4.78, 5) is 21.7. The molecule has 19 heavy (non-hydrogen) atoms. The van der Waals surface area contributed by atoms with Crippen molar-refractivity contribution in [2.75, 3.05) is 26.1 Å². The van der Waals surface area contributed by atoms with Gasteiger partial charge in [-0.25, -0.2) is 15.1 Å². The molecule has 1 rings (SSSR count). The van der Waals surface area contributed by atoms with Gasteiger partial charge in [0.05, 0.1) is 14.2 Å². The maximum absolute atomic E-state index is 11.2. The van der Waals surface area contributed by atoms with Gasteiger partial charge in [-0.3, -0.25) is 5.21 Å². The Balaban J connectivity index is 2.61. The van der Waals surface area contributed by atoms with Gasteiger partial charge in [0.2, 0.25) is 0 Å². The third-order valence-corrected chi connectivity index (χ3v) is 2.09. The Labute approximate surface area is 109 Å². The summed E-state index contributed by atoms with van der Waals surface area (Å²) >= 11 is 0. The fourth-order valence-electron chi connectivity index (χ4n) is 1.25. The van der Waals surface area contributed by atoms with Crippen LogP contribution in [-0.4, -0.2) is 38.0 Å². The molecule has 1 amide bonds. The molecule has 0 radical (unpaired) electrons. The minimum Gasteiger partial charge on any atom is -0.497 e. The highest BCUT2D eigenvalue weighted by molar-refractivity contribution is 5.86. The number of amides is 1. The van der Waals surface area contributed by atoms with E-state index in [2.05, 4.69) is 10.1 Å². The second-order valence-electron chi connectivity index (χ2n) is 3.33. The number of hydroxylamine groups is 1. The van der Waals surface area contributed by atoms with Crippen LogP contribution in [0.15, 0.2) is 18.2 Å². The number of carbonyl (C=O) groups is 2. The van der Waals surface area contributed by atoms with E-state index < -0.39 is 12.1 Å². The number of carbonyl (C=O) groups excluding carboxylic acids is 2. The molecule has 1 aromatic rings. The van der Waals surface area contributed by atoms with Crippen LogP contribution in [-0.2, 0) is 9.53 Å². The quantitative estimate of drug-likeness (QED) is 0.314. The van der Waals surface area contributed by atoms with Crippen molar-refractivity contribution >= 4 is 17.7 Å². The van der Waals surface area contributed by atoms with E-state index in [1.807, 2.05) is 0 Å². The average Bonchev–Trinajstić information content (AvgIpc) is 2.44. The van der Waals surface area contributed by atoms with Crippen molar-refractivity contribution in [3.05, 3.63) is 18.2 Å². The Morgan fingerprint density at radius 3 is 2.21 bits per heavy atom. The van der Waals surface area contributed by atoms with Crippen molar-refractivity contribution in [3.63, 3.8) is 0 Å². The molecular weight excluding hydrogens is 256 g/mol. The van der Waals surface area contributed by atoms with E-state index in [1.54, 1.807) is 18.2 Å². The predicted molar refractivity (Wildman–Crippen MR) is 64.4 cm³/mol. The number of esters is 1. The first-order valence-corrected chi connectivity index (χ1v) is 5.20. The lowest BCUT2D eigenvalue weighted by atomic mass is 10.2. The van der Waals surface area contributed by atoms with Crippen LogP contribution < -0.4 is 20.3 Å². The third kappa shape index (κ3) is 4.72. The first-order valence-electron chi connectivity index (χ1n) is 5.20. The van der Waals surface area contributed by atoms with Crippen LogP contribution in [0.3, 0.4) is 0 Å². The zero-order valence-corrected chi connectivity index (χ0v) is 10.4. The standard InChI is InChI=1S/C11H14N2O6/c1-17-8-3-7(4-9(5-8)18-2)12-6-10(14)19-11(15)13-16/h3-5,12,16H,6H2,1-2H3,(H,13,15). The van der Waals surface area contributed by atoms with E-state index in [0.717, 1.165) is 0 Å². The fraction of sp³-hybridized carbons (Fsp3) is 0.273. The molecule has 0 aliphatic carbocycles. The Morgan fingerprint density at radius 2 is 1.74 bits per heavy atom. The normalized spacial score (nSPS) is 9.42. The number of rotatable bonds is 5. The second-order valence-corrected chi connectivity index (χ2v) is 3.33. The lowest BCUT2D eigenvalue weighted by Crippen LogP contribution is -2.27. The fourth-order valence-corrected chi connectivity index (χ4v) is 1.25. The minimum atomic E-state index is -1.24. The van der Waals surface area contributed by atoms with Gasteiger partial charge in [0.25, 0.3) is 0 Å². The van der Waals surface area contributed by atoms with E-state index in [4.69, 9.17) is 14.7 Å². The Hall–Kier alpha value is -2.48. The third-order valence-electron chi connectivity index (χ3n) is 2.09. The van der Waals surface area contributed by atoms with E-state index in [-0.39, 0.29) is 6.54 Å². The predicted octanol–water partition coefficient (Wildman–Crippen LogP) is 0.758. The van der Waals surface area contributed by atoms with Gasteiger partial charge in [-0.15, -0.1) is 0 Å². The molecule has 0 atom stereocenters. The van der Waals surface area contributed by atoms with Gasteiger partial charge in [-0.1, -0.05) is 0 Å². The molecule has 0 unspecified atom stereocenters. The van der Waals surface area contributed by atoms with Crippen molar-refractivity contribution in [2.24, 2.45) is 0 Å². The van der Waals surface area contributed by atoms with Crippen molar-refractivity contribution < 1.29 is 29.0 Å². The summed E-state index contributed by atoms with van der Waals surface area (Å²) in [5.74, 6) is 0.236. The molecule has 3 N–H and O–H groups in total. The Morgan fingerprint density at radius 1 is 1.16 bits per heavy atom. The van der Waals surface area contributed by atoms with Crippen molar-refractivity contribution in [3.8, 4) is 11.5 Å². The number of anilines is 1. The highest BCUT2D eigenvalue weighted by atomic mass is 16.6. The molecule has 0 aliphatic heterocycles. The molecule has 0 spiro atoms. The maximum Gasteiger partial charge on any atom is 0.438 e. The van der Waals surface area contributed by atoms with Crippen LogP contribution >= 0.6 is 0 Å². The average molecular weight is 270 g/mol. The number of nitrogens with one attached hydrogen (secondary N) is 2. The van der Waals surface area contributed by atoms with Gasteiger partial charge in [-0.2, -0.15) is 0 Å². The number of benzene rings is 1. The van der Waals surface area contributed by atoms with E-state index >= 15 is 0 Å². The molecule has 0 fully saturated rings. The lowest BCUT2D eigenvalue weighted by Gasteiger charge is -2.10. The van der Waals surface area contributed by atoms with Crippen LogP contribution in [0.4, 0.5) is 10.5 Å². The largest absolute Gasteiger partial charge is 0.497 e. The summed E-state index contributed by atoms with van der Waals surface area (Å²) in [6.07, 6.45) is -1.24. The molecule has 104 valence electrons. The molecule has 8 heteroatoms. The molecule has 0 aliphatic rings. The van der Waals surface area contributed by atoms with Crippen LogP contribution in [0, 0.1) is 0 Å². The topological polar surface area (TPSA) is 106 Å². The Kier molecular flexibility index (Phi) is 5.42. The Bertz CT molecular complexity index is 440. The highest BCUT2D eigenvalue weighted by Crippen LogP contribution is 2.25. The second kappa shape index (κ2) is 7.07. The summed E-state index contributed by atoms with van der Waals surface area (Å²) in [6, 6.07) is 4.95. The molecule has 0 saturated heterocycles. The molecule has 8 nitrogen and oxygen atoms in total. The SMILES string of the molecule is COc1cc(NCC(=O)OC(=O)NO)cc(OC)c1. The maximum atomic E-state index is 11.2. The van der Waals surface area contributed by atoms with Gasteiger partial charge in [-0.05, 0) is 0 Å². The summed E-state index contributed by atoms with van der Waals surface area (Å²) in [6.45, 7) is -0.260. The van der Waals surface area contributed by atoms with Crippen LogP contribution in [0.5, 0.6) is 11.5 Å². The van der Waals surface area contributed by atoms with Gasteiger partial charge in [0.15, 0.2) is 0 Å². The van der Waals surface area contributed by atoms with E-state index in [0.29, 0.717) is 17.2 Å². The number of methoxy groups -OCH3 is 2. The molecule has 0 bridgehead atoms. The smallest absolute Gasteiger partial charge is 0.438 e. The van der Waals surface area contributed by atoms with Crippen molar-refractivity contribution in [1.29, 1.82) is 0 Å². The van der Waals surface area contributed by atoms with Crippen LogP contribution in [0.2, 0.25) is 0 Å². The molecule has 0 aromatic heterocycles. The lowest BCUT2D eigenvalue weighted by molar-refractivity contribution is -0.136. The molecule has 0 heterocycles. The summed E-state index contributed by atoms with van der Waals surface area (Å²) in [5.41, 5.74) is 1.73. The van der Waals surface area contributed by atoms with Crippen molar-refractivity contribution in [1.82, 2.24) is 5.48 Å². The van der Waals surface area contributed by atoms with Crippen molar-refractivity contribution in [2.45, 2.75) is 0 Å². The van der Waals surface area contributed by atoms with Gasteiger partial charge >= 0.3 is 12.1 Å². The zero-order valence-electron chi connectivity index (χ0n) is 10.4. The number of hydrogen-bond acceptors (Lipinski definition) is 7. The number of hydrogen-bond donors (Lipinski definition) is 3. The van der Waals surface area contributed by atoms with Crippen LogP contribution in [0.25, 0.3) is 0 Å². The monoisotopic (exact) mass is 270 g/mol. The first kappa shape index (κ1) is 14.6. The molecule has 0 saturated carbocycles. The summed E-state index contributed by atoms with van der Waals surface area (Å²) in [7, 11) is 3.00. The number of ether oxygens (including phenoxy) is 3.